The van der Waals surface area contributed by atoms with Gasteiger partial charge >= 0.3 is 6.18 Å². The largest absolute Gasteiger partial charge is 0.404 e. The molecule has 14 heavy (non-hydrogen) atoms. The number of rotatable bonds is 3. The van der Waals surface area contributed by atoms with Gasteiger partial charge in [0.05, 0.1) is 0 Å². The van der Waals surface area contributed by atoms with Crippen molar-refractivity contribution in [3.8, 4) is 0 Å². The van der Waals surface area contributed by atoms with Crippen LogP contribution in [0.1, 0.15) is 6.92 Å². The summed E-state index contributed by atoms with van der Waals surface area (Å²) < 4.78 is 57.4. The molecule has 0 atom stereocenters. The van der Waals surface area contributed by atoms with Crippen LogP contribution in [0.2, 0.25) is 0 Å². The average Bonchev–Trinajstić information content (AvgIpc) is 1.78. The minimum atomic E-state index is -4.86. The number of halogens is 3. The van der Waals surface area contributed by atoms with Crippen molar-refractivity contribution >= 4 is 15.9 Å². The summed E-state index contributed by atoms with van der Waals surface area (Å²) in [5.41, 5.74) is 0. The molecular weight excluding hydrogens is 223 g/mol. The Labute approximate surface area is 78.8 Å². The number of sulfonamides is 1. The molecule has 0 bridgehead atoms. The van der Waals surface area contributed by atoms with Crippen molar-refractivity contribution in [3.05, 3.63) is 12.2 Å². The van der Waals surface area contributed by atoms with Gasteiger partial charge in [-0.1, -0.05) is 6.08 Å². The van der Waals surface area contributed by atoms with Gasteiger partial charge in [-0.25, -0.2) is 13.1 Å². The second-order valence-corrected chi connectivity index (χ2v) is 4.06. The smallest absolute Gasteiger partial charge is 0.269 e. The maximum Gasteiger partial charge on any atom is 0.404 e. The first kappa shape index (κ1) is 12.9. The lowest BCUT2D eigenvalue weighted by molar-refractivity contribution is -0.115. The third-order valence-electron chi connectivity index (χ3n) is 0.928. The van der Waals surface area contributed by atoms with E-state index < -0.39 is 27.9 Å². The Morgan fingerprint density at radius 1 is 1.43 bits per heavy atom. The first-order chi connectivity index (χ1) is 6.16. The molecule has 1 N–H and O–H groups in total. The molecule has 1 amide bonds. The average molecular weight is 231 g/mol. The lowest BCUT2D eigenvalue weighted by Gasteiger charge is -2.07. The van der Waals surface area contributed by atoms with Crippen molar-refractivity contribution in [3.63, 3.8) is 0 Å². The SMILES string of the molecule is C/C=C/C(=O)NS(=O)(=O)CC(F)(F)F. The predicted octanol–water partition coefficient (Wildman–Crippen LogP) is 0.571. The van der Waals surface area contributed by atoms with Gasteiger partial charge in [0.15, 0.2) is 5.75 Å². The molecule has 0 fully saturated rings. The van der Waals surface area contributed by atoms with Gasteiger partial charge in [-0.15, -0.1) is 0 Å². The van der Waals surface area contributed by atoms with E-state index in [1.54, 1.807) is 0 Å². The molecule has 82 valence electrons. The van der Waals surface area contributed by atoms with Crippen LogP contribution in [0.4, 0.5) is 13.2 Å². The van der Waals surface area contributed by atoms with Gasteiger partial charge in [-0.05, 0) is 13.0 Å². The standard InChI is InChI=1S/C6H8F3NO3S/c1-2-3-5(11)10-14(12,13)4-6(7,8)9/h2-3H,4H2,1H3,(H,10,11)/b3-2+. The highest BCUT2D eigenvalue weighted by Crippen LogP contribution is 2.16. The van der Waals surface area contributed by atoms with Gasteiger partial charge in [-0.3, -0.25) is 4.79 Å². The molecule has 0 aromatic heterocycles. The molecule has 0 aromatic carbocycles. The van der Waals surface area contributed by atoms with Crippen LogP contribution < -0.4 is 4.72 Å². The van der Waals surface area contributed by atoms with Gasteiger partial charge < -0.3 is 0 Å². The van der Waals surface area contributed by atoms with Crippen LogP contribution in [0.15, 0.2) is 12.2 Å². The molecule has 0 rings (SSSR count). The molecule has 0 saturated carbocycles. The fourth-order valence-electron chi connectivity index (χ4n) is 0.590. The summed E-state index contributed by atoms with van der Waals surface area (Å²) >= 11 is 0. The zero-order valence-electron chi connectivity index (χ0n) is 7.13. The summed E-state index contributed by atoms with van der Waals surface area (Å²) in [7, 11) is -4.64. The number of alkyl halides is 3. The summed E-state index contributed by atoms with van der Waals surface area (Å²) in [5, 5.41) is 0. The number of amides is 1. The van der Waals surface area contributed by atoms with E-state index in [1.807, 2.05) is 0 Å². The number of carbonyl (C=O) groups is 1. The molecule has 0 unspecified atom stereocenters. The number of nitrogens with one attached hydrogen (secondary N) is 1. The molecule has 0 saturated heterocycles. The summed E-state index contributed by atoms with van der Waals surface area (Å²) in [6, 6.07) is 0. The Morgan fingerprint density at radius 3 is 2.29 bits per heavy atom. The second kappa shape index (κ2) is 4.45. The van der Waals surface area contributed by atoms with Crippen LogP contribution in [0.25, 0.3) is 0 Å². The van der Waals surface area contributed by atoms with Crippen molar-refractivity contribution in [2.24, 2.45) is 0 Å². The highest BCUT2D eigenvalue weighted by molar-refractivity contribution is 7.90. The van der Waals surface area contributed by atoms with Gasteiger partial charge in [0, 0.05) is 0 Å². The van der Waals surface area contributed by atoms with Crippen molar-refractivity contribution in [1.82, 2.24) is 4.72 Å². The van der Waals surface area contributed by atoms with E-state index in [1.165, 1.54) is 17.7 Å². The number of hydrogen-bond donors (Lipinski definition) is 1. The van der Waals surface area contributed by atoms with E-state index in [9.17, 15) is 26.4 Å². The first-order valence-electron chi connectivity index (χ1n) is 3.40. The molecule has 4 nitrogen and oxygen atoms in total. The minimum Gasteiger partial charge on any atom is -0.269 e. The maximum absolute atomic E-state index is 11.6. The zero-order chi connectivity index (χ0) is 11.4. The quantitative estimate of drug-likeness (QED) is 0.722. The Balaban J connectivity index is 4.45. The first-order valence-corrected chi connectivity index (χ1v) is 5.05. The Hall–Kier alpha value is -1.05. The summed E-state index contributed by atoms with van der Waals surface area (Å²) in [6.45, 7) is 1.43. The predicted molar refractivity (Wildman–Crippen MR) is 42.8 cm³/mol. The molecule has 0 aliphatic heterocycles. The monoisotopic (exact) mass is 231 g/mol. The highest BCUT2D eigenvalue weighted by Gasteiger charge is 2.35. The topological polar surface area (TPSA) is 63.2 Å². The second-order valence-electron chi connectivity index (χ2n) is 2.34. The van der Waals surface area contributed by atoms with Crippen LogP contribution in [-0.4, -0.2) is 26.3 Å². The van der Waals surface area contributed by atoms with Crippen LogP contribution in [0, 0.1) is 0 Å². The van der Waals surface area contributed by atoms with E-state index >= 15 is 0 Å². The van der Waals surface area contributed by atoms with E-state index in [-0.39, 0.29) is 0 Å². The normalized spacial score (nSPS) is 13.1. The van der Waals surface area contributed by atoms with Crippen molar-refractivity contribution in [2.45, 2.75) is 13.1 Å². The Morgan fingerprint density at radius 2 is 1.93 bits per heavy atom. The van der Waals surface area contributed by atoms with Gasteiger partial charge in [0.2, 0.25) is 10.0 Å². The highest BCUT2D eigenvalue weighted by atomic mass is 32.2. The number of allylic oxidation sites excluding steroid dienone is 1. The van der Waals surface area contributed by atoms with Crippen LogP contribution in [0.5, 0.6) is 0 Å². The van der Waals surface area contributed by atoms with Gasteiger partial charge in [0.25, 0.3) is 5.91 Å². The van der Waals surface area contributed by atoms with E-state index in [0.29, 0.717) is 0 Å². The lowest BCUT2D eigenvalue weighted by atomic mass is 10.5. The van der Waals surface area contributed by atoms with Crippen molar-refractivity contribution < 1.29 is 26.4 Å². The van der Waals surface area contributed by atoms with Crippen molar-refractivity contribution in [1.29, 1.82) is 0 Å². The molecule has 0 spiro atoms. The molecule has 0 heterocycles. The van der Waals surface area contributed by atoms with Crippen LogP contribution in [0.3, 0.4) is 0 Å². The summed E-state index contributed by atoms with van der Waals surface area (Å²) in [6.07, 6.45) is -2.84. The van der Waals surface area contributed by atoms with E-state index in [0.717, 1.165) is 6.08 Å². The van der Waals surface area contributed by atoms with Gasteiger partial charge in [0.1, 0.15) is 0 Å². The minimum absolute atomic E-state index is 0.813. The summed E-state index contributed by atoms with van der Waals surface area (Å²) in [4.78, 5) is 10.6. The van der Waals surface area contributed by atoms with E-state index in [2.05, 4.69) is 0 Å². The zero-order valence-corrected chi connectivity index (χ0v) is 7.95. The Bertz CT molecular complexity index is 331. The Kier molecular flexibility index (Phi) is 4.11. The summed E-state index contributed by atoms with van der Waals surface area (Å²) in [5.74, 6) is -3.17. The lowest BCUT2D eigenvalue weighted by Crippen LogP contribution is -2.36. The molecular formula is C6H8F3NO3S. The molecule has 0 aromatic rings. The molecule has 0 aliphatic carbocycles. The fourth-order valence-corrected chi connectivity index (χ4v) is 1.47. The van der Waals surface area contributed by atoms with Crippen LogP contribution >= 0.6 is 0 Å². The molecule has 0 aliphatic rings. The number of carbonyl (C=O) groups excluding carboxylic acids is 1. The molecule has 8 heteroatoms. The van der Waals surface area contributed by atoms with Crippen LogP contribution in [-0.2, 0) is 14.8 Å². The molecule has 0 radical (unpaired) electrons. The van der Waals surface area contributed by atoms with Crippen molar-refractivity contribution in [2.75, 3.05) is 5.75 Å². The fraction of sp³-hybridized carbons (Fsp3) is 0.500. The number of hydrogen-bond acceptors (Lipinski definition) is 3. The van der Waals surface area contributed by atoms with E-state index in [4.69, 9.17) is 0 Å². The van der Waals surface area contributed by atoms with Gasteiger partial charge in [-0.2, -0.15) is 13.2 Å². The third-order valence-corrected chi connectivity index (χ3v) is 2.15. The third kappa shape index (κ3) is 6.46. The maximum atomic E-state index is 11.6.